The van der Waals surface area contributed by atoms with Crippen molar-refractivity contribution in [3.8, 4) is 11.4 Å². The number of aromatic nitrogens is 2. The molecule has 6 rings (SSSR count). The molecular formula is C32H40N6O3. The van der Waals surface area contributed by atoms with Crippen LogP contribution in [-0.2, 0) is 5.54 Å². The Kier molecular flexibility index (Phi) is 7.81. The van der Waals surface area contributed by atoms with Gasteiger partial charge >= 0.3 is 0 Å². The SMILES string of the molecule is Cc1ccc(C(=O)NC2CC2)cc1-n1ccnc(NC2(c3ccccc3OCCN3CCCN(C)CC3)CC2)c1=O. The van der Waals surface area contributed by atoms with Gasteiger partial charge in [-0.1, -0.05) is 24.3 Å². The molecule has 3 fully saturated rings. The first kappa shape index (κ1) is 27.5. The Morgan fingerprint density at radius 3 is 2.73 bits per heavy atom. The summed E-state index contributed by atoms with van der Waals surface area (Å²) >= 11 is 0. The first-order valence-corrected chi connectivity index (χ1v) is 14.8. The van der Waals surface area contributed by atoms with E-state index in [0.717, 1.165) is 75.3 Å². The van der Waals surface area contributed by atoms with Crippen LogP contribution in [0.15, 0.2) is 59.7 Å². The summed E-state index contributed by atoms with van der Waals surface area (Å²) in [6, 6.07) is 13.9. The Hall–Kier alpha value is -3.69. The molecule has 1 saturated heterocycles. The number of carbonyl (C=O) groups excluding carboxylic acids is 1. The van der Waals surface area contributed by atoms with Crippen molar-refractivity contribution in [2.24, 2.45) is 0 Å². The molecule has 9 heteroatoms. The van der Waals surface area contributed by atoms with Gasteiger partial charge in [-0.25, -0.2) is 4.98 Å². The Morgan fingerprint density at radius 1 is 1.10 bits per heavy atom. The molecule has 216 valence electrons. The third kappa shape index (κ3) is 6.31. The Bertz CT molecular complexity index is 1460. The number of rotatable bonds is 10. The minimum absolute atomic E-state index is 0.106. The molecule has 3 aromatic rings. The van der Waals surface area contributed by atoms with Crippen LogP contribution in [0.1, 0.15) is 53.6 Å². The zero-order valence-corrected chi connectivity index (χ0v) is 24.1. The molecule has 3 aliphatic rings. The fourth-order valence-corrected chi connectivity index (χ4v) is 5.60. The fourth-order valence-electron chi connectivity index (χ4n) is 5.60. The van der Waals surface area contributed by atoms with Crippen LogP contribution < -0.4 is 20.9 Å². The summed E-state index contributed by atoms with van der Waals surface area (Å²) in [5.41, 5.74) is 2.55. The standard InChI is InChI=1S/C32H40N6O3/c1-23-8-9-24(30(39)34-25-10-11-25)22-27(23)38-17-14-33-29(31(38)40)35-32(12-13-32)26-6-3-4-7-28(26)41-21-20-37-16-5-15-36(2)18-19-37/h3-4,6-9,14,17,22,25H,5,10-13,15-16,18-21H2,1-2H3,(H,33,35)(H,34,39). The van der Waals surface area contributed by atoms with E-state index in [4.69, 9.17) is 4.74 Å². The lowest BCUT2D eigenvalue weighted by Crippen LogP contribution is -2.32. The molecule has 2 aromatic carbocycles. The molecule has 0 spiro atoms. The number of nitrogens with one attached hydrogen (secondary N) is 2. The Balaban J connectivity index is 1.19. The average molecular weight is 557 g/mol. The molecule has 2 aliphatic carbocycles. The normalized spacial score (nSPS) is 18.9. The van der Waals surface area contributed by atoms with Crippen LogP contribution in [0, 0.1) is 6.92 Å². The number of likely N-dealkylation sites (N-methyl/N-ethyl adjacent to an activating group) is 1. The zero-order valence-electron chi connectivity index (χ0n) is 24.1. The van der Waals surface area contributed by atoms with E-state index in [2.05, 4.69) is 38.5 Å². The van der Waals surface area contributed by atoms with Crippen LogP contribution in [-0.4, -0.2) is 77.7 Å². The highest BCUT2D eigenvalue weighted by Crippen LogP contribution is 2.50. The van der Waals surface area contributed by atoms with Gasteiger partial charge in [0, 0.05) is 49.2 Å². The number of carbonyl (C=O) groups is 1. The molecule has 1 amide bonds. The number of amides is 1. The molecule has 2 N–H and O–H groups in total. The van der Waals surface area contributed by atoms with Gasteiger partial charge in [0.1, 0.15) is 12.4 Å². The first-order chi connectivity index (χ1) is 19.9. The van der Waals surface area contributed by atoms with Crippen molar-refractivity contribution in [1.29, 1.82) is 0 Å². The van der Waals surface area contributed by atoms with E-state index >= 15 is 0 Å². The smallest absolute Gasteiger partial charge is 0.297 e. The second-order valence-corrected chi connectivity index (χ2v) is 11.8. The van der Waals surface area contributed by atoms with Crippen LogP contribution in [0.5, 0.6) is 5.75 Å². The lowest BCUT2D eigenvalue weighted by atomic mass is 10.0. The van der Waals surface area contributed by atoms with Gasteiger partial charge in [-0.3, -0.25) is 19.1 Å². The van der Waals surface area contributed by atoms with E-state index < -0.39 is 5.54 Å². The van der Waals surface area contributed by atoms with E-state index in [1.54, 1.807) is 23.0 Å². The highest BCUT2D eigenvalue weighted by Gasteiger charge is 2.47. The molecule has 0 radical (unpaired) electrons. The van der Waals surface area contributed by atoms with Crippen molar-refractivity contribution in [2.75, 3.05) is 51.7 Å². The molecule has 1 aliphatic heterocycles. The summed E-state index contributed by atoms with van der Waals surface area (Å²) in [7, 11) is 2.18. The second kappa shape index (κ2) is 11.7. The minimum atomic E-state index is -0.395. The average Bonchev–Trinajstić information content (AvgIpc) is 3.90. The quantitative estimate of drug-likeness (QED) is 0.395. The predicted octanol–water partition coefficient (Wildman–Crippen LogP) is 3.55. The number of para-hydroxylation sites is 1. The molecule has 41 heavy (non-hydrogen) atoms. The summed E-state index contributed by atoms with van der Waals surface area (Å²) < 4.78 is 7.92. The van der Waals surface area contributed by atoms with E-state index in [9.17, 15) is 9.59 Å². The van der Waals surface area contributed by atoms with Gasteiger partial charge < -0.3 is 20.3 Å². The summed E-state index contributed by atoms with van der Waals surface area (Å²) in [6.45, 7) is 7.85. The molecule has 2 heterocycles. The van der Waals surface area contributed by atoms with Gasteiger partial charge in [-0.15, -0.1) is 0 Å². The van der Waals surface area contributed by atoms with Crippen molar-refractivity contribution in [3.63, 3.8) is 0 Å². The van der Waals surface area contributed by atoms with Crippen molar-refractivity contribution in [2.45, 2.75) is 50.6 Å². The molecule has 0 atom stereocenters. The third-order valence-corrected chi connectivity index (χ3v) is 8.47. The summed E-state index contributed by atoms with van der Waals surface area (Å²) in [6.07, 6.45) is 8.30. The van der Waals surface area contributed by atoms with Crippen molar-refractivity contribution in [3.05, 3.63) is 81.9 Å². The minimum Gasteiger partial charge on any atom is -0.492 e. The van der Waals surface area contributed by atoms with Crippen LogP contribution in [0.3, 0.4) is 0 Å². The van der Waals surface area contributed by atoms with Crippen LogP contribution >= 0.6 is 0 Å². The van der Waals surface area contributed by atoms with Gasteiger partial charge in [0.05, 0.1) is 11.2 Å². The molecule has 2 saturated carbocycles. The van der Waals surface area contributed by atoms with Crippen LogP contribution in [0.2, 0.25) is 0 Å². The fraction of sp³-hybridized carbons (Fsp3) is 0.469. The molecule has 0 unspecified atom stereocenters. The van der Waals surface area contributed by atoms with E-state index in [1.165, 1.54) is 6.42 Å². The highest BCUT2D eigenvalue weighted by molar-refractivity contribution is 5.95. The maximum atomic E-state index is 13.7. The molecule has 9 nitrogen and oxygen atoms in total. The Morgan fingerprint density at radius 2 is 1.93 bits per heavy atom. The van der Waals surface area contributed by atoms with Crippen molar-refractivity contribution < 1.29 is 9.53 Å². The zero-order chi connectivity index (χ0) is 28.4. The molecule has 1 aromatic heterocycles. The maximum absolute atomic E-state index is 13.7. The number of hydrogen-bond acceptors (Lipinski definition) is 7. The van der Waals surface area contributed by atoms with E-state index in [0.29, 0.717) is 23.7 Å². The number of anilines is 1. The third-order valence-electron chi connectivity index (χ3n) is 8.47. The summed E-state index contributed by atoms with van der Waals surface area (Å²) in [5, 5.41) is 6.52. The largest absolute Gasteiger partial charge is 0.492 e. The topological polar surface area (TPSA) is 91.7 Å². The number of aryl methyl sites for hydroxylation is 1. The number of hydrogen-bond donors (Lipinski definition) is 2. The lowest BCUT2D eigenvalue weighted by molar-refractivity contribution is 0.0951. The van der Waals surface area contributed by atoms with Gasteiger partial charge in [0.15, 0.2) is 5.82 Å². The van der Waals surface area contributed by atoms with Crippen LogP contribution in [0.4, 0.5) is 5.82 Å². The van der Waals surface area contributed by atoms with E-state index in [-0.39, 0.29) is 17.5 Å². The maximum Gasteiger partial charge on any atom is 0.297 e. The predicted molar refractivity (Wildman–Crippen MR) is 160 cm³/mol. The lowest BCUT2D eigenvalue weighted by Gasteiger charge is -2.24. The molecule has 0 bridgehead atoms. The number of benzene rings is 2. The van der Waals surface area contributed by atoms with Crippen molar-refractivity contribution >= 4 is 11.7 Å². The Labute approximate surface area is 241 Å². The van der Waals surface area contributed by atoms with Gasteiger partial charge in [0.2, 0.25) is 0 Å². The monoisotopic (exact) mass is 556 g/mol. The van der Waals surface area contributed by atoms with E-state index in [1.807, 2.05) is 37.3 Å². The van der Waals surface area contributed by atoms with Gasteiger partial charge in [0.25, 0.3) is 11.5 Å². The second-order valence-electron chi connectivity index (χ2n) is 11.8. The number of nitrogens with zero attached hydrogens (tertiary/aromatic N) is 4. The number of ether oxygens (including phenoxy) is 1. The van der Waals surface area contributed by atoms with Crippen LogP contribution in [0.25, 0.3) is 5.69 Å². The van der Waals surface area contributed by atoms with Gasteiger partial charge in [-0.05, 0) is 82.9 Å². The highest BCUT2D eigenvalue weighted by atomic mass is 16.5. The summed E-state index contributed by atoms with van der Waals surface area (Å²) in [4.78, 5) is 35.7. The van der Waals surface area contributed by atoms with Crippen molar-refractivity contribution in [1.82, 2.24) is 24.7 Å². The summed E-state index contributed by atoms with van der Waals surface area (Å²) in [5.74, 6) is 1.04. The molecular weight excluding hydrogens is 516 g/mol. The van der Waals surface area contributed by atoms with Gasteiger partial charge in [-0.2, -0.15) is 0 Å². The first-order valence-electron chi connectivity index (χ1n) is 14.8.